The van der Waals surface area contributed by atoms with E-state index < -0.39 is 11.6 Å². The zero-order valence-corrected chi connectivity index (χ0v) is 14.6. The van der Waals surface area contributed by atoms with Gasteiger partial charge in [-0.1, -0.05) is 12.1 Å². The number of aromatic nitrogens is 1. The van der Waals surface area contributed by atoms with Crippen LogP contribution in [-0.2, 0) is 11.4 Å². The van der Waals surface area contributed by atoms with Crippen molar-refractivity contribution in [2.45, 2.75) is 32.3 Å². The van der Waals surface area contributed by atoms with Gasteiger partial charge in [0.15, 0.2) is 5.82 Å². The van der Waals surface area contributed by atoms with Crippen molar-refractivity contribution >= 4 is 11.9 Å². The number of carbonyl (C=O) groups is 1. The molecule has 3 rings (SSSR count). The molecular weight excluding hydrogens is 350 g/mol. The molecule has 0 N–H and O–H groups in total. The van der Waals surface area contributed by atoms with Gasteiger partial charge in [-0.05, 0) is 55.0 Å². The second-order valence-corrected chi connectivity index (χ2v) is 6.46. The summed E-state index contributed by atoms with van der Waals surface area (Å²) in [6.45, 7) is -0.189. The molecule has 0 amide bonds. The van der Waals surface area contributed by atoms with E-state index in [0.717, 1.165) is 37.2 Å². The number of allylic oxidation sites excluding steroid dienone is 2. The van der Waals surface area contributed by atoms with Gasteiger partial charge in [-0.25, -0.2) is 13.8 Å². The molecule has 1 atom stereocenters. The lowest BCUT2D eigenvalue weighted by atomic mass is 9.86. The lowest BCUT2D eigenvalue weighted by molar-refractivity contribution is -0.108. The molecule has 6 heteroatoms. The topological polar surface area (TPSA) is 63.0 Å². The molecule has 138 valence electrons. The van der Waals surface area contributed by atoms with Crippen LogP contribution in [0.5, 0.6) is 5.88 Å². The van der Waals surface area contributed by atoms with E-state index in [1.807, 2.05) is 12.1 Å². The molecule has 4 nitrogen and oxygen atoms in total. The summed E-state index contributed by atoms with van der Waals surface area (Å²) < 4.78 is 33.4. The minimum absolute atomic E-state index is 0.188. The maximum absolute atomic E-state index is 14.0. The highest BCUT2D eigenvalue weighted by atomic mass is 19.1. The van der Waals surface area contributed by atoms with Crippen molar-refractivity contribution in [1.29, 1.82) is 5.26 Å². The van der Waals surface area contributed by atoms with Gasteiger partial charge in [0.1, 0.15) is 18.7 Å². The molecular formula is C21H18F2N2O2. The van der Waals surface area contributed by atoms with Crippen LogP contribution in [-0.4, -0.2) is 11.3 Å². The van der Waals surface area contributed by atoms with Gasteiger partial charge in [0.25, 0.3) is 5.88 Å². The Balaban J connectivity index is 1.73. The van der Waals surface area contributed by atoms with Crippen LogP contribution in [0, 0.1) is 28.9 Å². The van der Waals surface area contributed by atoms with Crippen LogP contribution in [0.4, 0.5) is 8.78 Å². The second-order valence-electron chi connectivity index (χ2n) is 6.46. The molecule has 27 heavy (non-hydrogen) atoms. The van der Waals surface area contributed by atoms with E-state index in [2.05, 4.69) is 4.98 Å². The zero-order valence-electron chi connectivity index (χ0n) is 14.6. The first-order valence-corrected chi connectivity index (χ1v) is 8.71. The number of carbonyl (C=O) groups excluding carboxylic acids is 1. The van der Waals surface area contributed by atoms with E-state index in [1.165, 1.54) is 18.2 Å². The first-order chi connectivity index (χ1) is 13.1. The predicted octanol–water partition coefficient (Wildman–Crippen LogP) is 4.58. The first kappa shape index (κ1) is 18.7. The monoisotopic (exact) mass is 368 g/mol. The van der Waals surface area contributed by atoms with Crippen LogP contribution in [0.3, 0.4) is 0 Å². The number of benzene rings is 1. The molecule has 0 radical (unpaired) electrons. The fourth-order valence-electron chi connectivity index (χ4n) is 3.05. The van der Waals surface area contributed by atoms with Gasteiger partial charge in [0, 0.05) is 12.0 Å². The maximum atomic E-state index is 14.0. The highest BCUT2D eigenvalue weighted by Crippen LogP contribution is 2.31. The van der Waals surface area contributed by atoms with E-state index >= 15 is 0 Å². The van der Waals surface area contributed by atoms with E-state index in [0.29, 0.717) is 18.0 Å². The van der Waals surface area contributed by atoms with Gasteiger partial charge in [-0.3, -0.25) is 0 Å². The van der Waals surface area contributed by atoms with E-state index in [9.17, 15) is 13.6 Å². The summed E-state index contributed by atoms with van der Waals surface area (Å²) in [6.07, 6.45) is 5.96. The SMILES string of the molecule is N#Cc1ccc(COc2nc(C3=CCC(CC=O)CC3)ccc2F)c(F)c1. The molecule has 1 aromatic carbocycles. The molecule has 1 unspecified atom stereocenters. The summed E-state index contributed by atoms with van der Waals surface area (Å²) in [6, 6.07) is 8.76. The van der Waals surface area contributed by atoms with Crippen LogP contribution in [0.25, 0.3) is 5.57 Å². The molecule has 1 aromatic heterocycles. The van der Waals surface area contributed by atoms with Crippen molar-refractivity contribution in [3.63, 3.8) is 0 Å². The fourth-order valence-corrected chi connectivity index (χ4v) is 3.05. The summed E-state index contributed by atoms with van der Waals surface area (Å²) >= 11 is 0. The number of pyridine rings is 1. The lowest BCUT2D eigenvalue weighted by Crippen LogP contribution is -2.08. The molecule has 0 aliphatic heterocycles. The number of nitrogens with zero attached hydrogens (tertiary/aromatic N) is 2. The maximum Gasteiger partial charge on any atom is 0.251 e. The number of ether oxygens (including phenoxy) is 1. The van der Waals surface area contributed by atoms with Crippen molar-refractivity contribution in [3.05, 3.63) is 64.9 Å². The van der Waals surface area contributed by atoms with Crippen molar-refractivity contribution < 1.29 is 18.3 Å². The average molecular weight is 368 g/mol. The highest BCUT2D eigenvalue weighted by Gasteiger charge is 2.17. The lowest BCUT2D eigenvalue weighted by Gasteiger charge is -2.20. The quantitative estimate of drug-likeness (QED) is 0.700. The molecule has 2 aromatic rings. The Morgan fingerprint density at radius 3 is 2.78 bits per heavy atom. The van der Waals surface area contributed by atoms with Crippen LogP contribution in [0.15, 0.2) is 36.4 Å². The molecule has 1 aliphatic carbocycles. The third kappa shape index (κ3) is 4.56. The van der Waals surface area contributed by atoms with Crippen LogP contribution in [0.2, 0.25) is 0 Å². The van der Waals surface area contributed by atoms with Crippen molar-refractivity contribution in [2.24, 2.45) is 5.92 Å². The molecule has 1 heterocycles. The van der Waals surface area contributed by atoms with Crippen LogP contribution < -0.4 is 4.74 Å². The number of rotatable bonds is 6. The highest BCUT2D eigenvalue weighted by molar-refractivity contribution is 5.64. The Kier molecular flexibility index (Phi) is 5.92. The molecule has 1 aliphatic rings. The van der Waals surface area contributed by atoms with Gasteiger partial charge in [0.05, 0.1) is 17.3 Å². The Morgan fingerprint density at radius 2 is 2.11 bits per heavy atom. The standard InChI is InChI=1S/C21H18F2N2O2/c22-18-7-8-20(16-4-1-14(2-5-16)9-10-26)25-21(18)27-13-17-6-3-15(12-24)11-19(17)23/h3-4,6-8,10-11,14H,1-2,5,9,13H2. The Morgan fingerprint density at radius 1 is 1.26 bits per heavy atom. The van der Waals surface area contributed by atoms with Gasteiger partial charge < -0.3 is 9.53 Å². The molecule has 0 saturated heterocycles. The summed E-state index contributed by atoms with van der Waals surface area (Å²) in [5.74, 6) is -1.04. The number of hydrogen-bond acceptors (Lipinski definition) is 4. The Labute approximate surface area is 156 Å². The van der Waals surface area contributed by atoms with Crippen LogP contribution in [0.1, 0.15) is 42.5 Å². The second kappa shape index (κ2) is 8.54. The summed E-state index contributed by atoms with van der Waals surface area (Å²) in [4.78, 5) is 14.9. The number of halogens is 2. The summed E-state index contributed by atoms with van der Waals surface area (Å²) in [5, 5.41) is 8.77. The van der Waals surface area contributed by atoms with Crippen molar-refractivity contribution in [2.75, 3.05) is 0 Å². The van der Waals surface area contributed by atoms with Gasteiger partial charge in [-0.2, -0.15) is 5.26 Å². The molecule has 0 bridgehead atoms. The number of aldehydes is 1. The van der Waals surface area contributed by atoms with Gasteiger partial charge in [0.2, 0.25) is 0 Å². The molecule has 0 saturated carbocycles. The average Bonchev–Trinajstić information content (AvgIpc) is 2.69. The van der Waals surface area contributed by atoms with Gasteiger partial charge >= 0.3 is 0 Å². The third-order valence-corrected chi connectivity index (χ3v) is 4.64. The predicted molar refractivity (Wildman–Crippen MR) is 95.6 cm³/mol. The largest absolute Gasteiger partial charge is 0.471 e. The number of hydrogen-bond donors (Lipinski definition) is 0. The smallest absolute Gasteiger partial charge is 0.251 e. The van der Waals surface area contributed by atoms with E-state index in [4.69, 9.17) is 10.00 Å². The van der Waals surface area contributed by atoms with E-state index in [-0.39, 0.29) is 23.6 Å². The summed E-state index contributed by atoms with van der Waals surface area (Å²) in [7, 11) is 0. The van der Waals surface area contributed by atoms with Crippen molar-refractivity contribution in [3.8, 4) is 11.9 Å². The molecule has 0 fully saturated rings. The van der Waals surface area contributed by atoms with Crippen LogP contribution >= 0.6 is 0 Å². The third-order valence-electron chi connectivity index (χ3n) is 4.64. The number of nitriles is 1. The van der Waals surface area contributed by atoms with Crippen molar-refractivity contribution in [1.82, 2.24) is 4.98 Å². The minimum atomic E-state index is -0.622. The first-order valence-electron chi connectivity index (χ1n) is 8.71. The summed E-state index contributed by atoms with van der Waals surface area (Å²) in [5.41, 5.74) is 2.04. The van der Waals surface area contributed by atoms with Gasteiger partial charge in [-0.15, -0.1) is 0 Å². The Hall–Kier alpha value is -3.07. The normalized spacial score (nSPS) is 16.3. The van der Waals surface area contributed by atoms with E-state index in [1.54, 1.807) is 6.07 Å². The molecule has 0 spiro atoms. The minimum Gasteiger partial charge on any atom is -0.471 e. The fraction of sp³-hybridized carbons (Fsp3) is 0.286. The Bertz CT molecular complexity index is 919. The zero-order chi connectivity index (χ0) is 19.2.